The highest BCUT2D eigenvalue weighted by Crippen LogP contribution is 2.29. The molecular formula is C11H20N4S. The van der Waals surface area contributed by atoms with Gasteiger partial charge in [0, 0.05) is 20.1 Å². The first-order valence-electron chi connectivity index (χ1n) is 5.95. The lowest BCUT2D eigenvalue weighted by Crippen LogP contribution is -2.40. The average molecular weight is 240 g/mol. The maximum Gasteiger partial charge on any atom is 0.225 e. The predicted molar refractivity (Wildman–Crippen MR) is 68.2 cm³/mol. The Morgan fingerprint density at radius 2 is 2.12 bits per heavy atom. The highest BCUT2D eigenvalue weighted by molar-refractivity contribution is 7.71. The van der Waals surface area contributed by atoms with Gasteiger partial charge in [-0.3, -0.25) is 4.57 Å². The second-order valence-corrected chi connectivity index (χ2v) is 5.21. The summed E-state index contributed by atoms with van der Waals surface area (Å²) < 4.78 is 2.63. The van der Waals surface area contributed by atoms with Crippen molar-refractivity contribution in [2.45, 2.75) is 38.6 Å². The summed E-state index contributed by atoms with van der Waals surface area (Å²) in [6, 6.07) is 0.595. The Morgan fingerprint density at radius 1 is 1.44 bits per heavy atom. The van der Waals surface area contributed by atoms with Crippen LogP contribution in [-0.4, -0.2) is 27.9 Å². The van der Waals surface area contributed by atoms with Gasteiger partial charge in [-0.15, -0.1) is 5.10 Å². The number of aromatic amines is 1. The first-order valence-corrected chi connectivity index (χ1v) is 6.36. The summed E-state index contributed by atoms with van der Waals surface area (Å²) in [5.41, 5.74) is 0. The van der Waals surface area contributed by atoms with Gasteiger partial charge in [0.1, 0.15) is 0 Å². The number of nitrogens with zero attached hydrogens (tertiary/aromatic N) is 3. The molecule has 1 aromatic heterocycles. The van der Waals surface area contributed by atoms with Gasteiger partial charge in [-0.05, 0) is 31.0 Å². The lowest BCUT2D eigenvalue weighted by atomic mass is 9.85. The summed E-state index contributed by atoms with van der Waals surface area (Å²) in [5.74, 6) is 1.69. The van der Waals surface area contributed by atoms with Gasteiger partial charge in [0.05, 0.1) is 0 Å². The van der Waals surface area contributed by atoms with Crippen LogP contribution in [-0.2, 0) is 7.05 Å². The third-order valence-electron chi connectivity index (χ3n) is 3.74. The maximum atomic E-state index is 5.14. The Labute approximate surface area is 102 Å². The van der Waals surface area contributed by atoms with Crippen molar-refractivity contribution in [2.75, 3.05) is 11.9 Å². The third kappa shape index (κ3) is 2.00. The minimum Gasteiger partial charge on any atom is -0.341 e. The highest BCUT2D eigenvalue weighted by Gasteiger charge is 2.27. The Morgan fingerprint density at radius 3 is 2.69 bits per heavy atom. The second kappa shape index (κ2) is 4.57. The number of hydrogen-bond acceptors (Lipinski definition) is 3. The number of hydrogen-bond donors (Lipinski definition) is 1. The average Bonchev–Trinajstić information content (AvgIpc) is 2.60. The Bertz CT molecular complexity index is 408. The molecule has 0 spiro atoms. The van der Waals surface area contributed by atoms with Crippen molar-refractivity contribution in [1.82, 2.24) is 14.8 Å². The second-order valence-electron chi connectivity index (χ2n) is 4.83. The standard InChI is InChI=1S/C11H20N4S/c1-8-6-4-5-7-9(8)14(2)10-12-13-11(16)15(10)3/h8-9H,4-7H2,1-3H3,(H,13,16). The first-order chi connectivity index (χ1) is 7.61. The van der Waals surface area contributed by atoms with E-state index in [0.717, 1.165) is 11.9 Å². The molecule has 0 aliphatic heterocycles. The zero-order chi connectivity index (χ0) is 11.7. The van der Waals surface area contributed by atoms with Crippen molar-refractivity contribution in [2.24, 2.45) is 13.0 Å². The fraction of sp³-hybridized carbons (Fsp3) is 0.818. The zero-order valence-corrected chi connectivity index (χ0v) is 11.0. The van der Waals surface area contributed by atoms with E-state index in [1.807, 2.05) is 11.6 Å². The van der Waals surface area contributed by atoms with Crippen molar-refractivity contribution in [3.63, 3.8) is 0 Å². The van der Waals surface area contributed by atoms with Gasteiger partial charge in [-0.1, -0.05) is 19.8 Å². The molecular weight excluding hydrogens is 220 g/mol. The van der Waals surface area contributed by atoms with Crippen LogP contribution in [0.3, 0.4) is 0 Å². The fourth-order valence-electron chi connectivity index (χ4n) is 2.67. The number of nitrogens with one attached hydrogen (secondary N) is 1. The van der Waals surface area contributed by atoms with E-state index in [9.17, 15) is 0 Å². The van der Waals surface area contributed by atoms with E-state index in [1.54, 1.807) is 0 Å². The van der Waals surface area contributed by atoms with Gasteiger partial charge in [0.15, 0.2) is 4.77 Å². The topological polar surface area (TPSA) is 36.9 Å². The molecule has 2 atom stereocenters. The van der Waals surface area contributed by atoms with Crippen molar-refractivity contribution in [1.29, 1.82) is 0 Å². The molecule has 0 amide bonds. The summed E-state index contributed by atoms with van der Waals surface area (Å²) in [6.45, 7) is 2.33. The van der Waals surface area contributed by atoms with Crippen LogP contribution in [0.25, 0.3) is 0 Å². The number of H-pyrrole nitrogens is 1. The molecule has 1 heterocycles. The zero-order valence-electron chi connectivity index (χ0n) is 10.2. The van der Waals surface area contributed by atoms with Gasteiger partial charge in [0.2, 0.25) is 5.95 Å². The molecule has 90 valence electrons. The molecule has 1 aliphatic rings. The van der Waals surface area contributed by atoms with Crippen LogP contribution in [0.1, 0.15) is 32.6 Å². The van der Waals surface area contributed by atoms with E-state index in [2.05, 4.69) is 29.1 Å². The van der Waals surface area contributed by atoms with Crippen molar-refractivity contribution < 1.29 is 0 Å². The van der Waals surface area contributed by atoms with Crippen molar-refractivity contribution in [3.05, 3.63) is 4.77 Å². The van der Waals surface area contributed by atoms with Gasteiger partial charge in [-0.2, -0.15) is 0 Å². The van der Waals surface area contributed by atoms with Gasteiger partial charge in [-0.25, -0.2) is 5.10 Å². The Balaban J connectivity index is 2.20. The van der Waals surface area contributed by atoms with Crippen LogP contribution in [0, 0.1) is 10.7 Å². The first kappa shape index (κ1) is 11.6. The molecule has 2 rings (SSSR count). The predicted octanol–water partition coefficient (Wildman–Crippen LogP) is 2.49. The van der Waals surface area contributed by atoms with Gasteiger partial charge in [0.25, 0.3) is 0 Å². The van der Waals surface area contributed by atoms with E-state index in [1.165, 1.54) is 25.7 Å². The van der Waals surface area contributed by atoms with Crippen LogP contribution in [0.15, 0.2) is 0 Å². The van der Waals surface area contributed by atoms with Crippen LogP contribution in [0.5, 0.6) is 0 Å². The number of anilines is 1. The molecule has 4 nitrogen and oxygen atoms in total. The minimum atomic E-state index is 0.595. The Kier molecular flexibility index (Phi) is 3.33. The highest BCUT2D eigenvalue weighted by atomic mass is 32.1. The molecule has 0 saturated heterocycles. The summed E-state index contributed by atoms with van der Waals surface area (Å²) in [5, 5.41) is 7.14. The number of rotatable bonds is 2. The molecule has 0 aromatic carbocycles. The van der Waals surface area contributed by atoms with Crippen molar-refractivity contribution in [3.8, 4) is 0 Å². The monoisotopic (exact) mass is 240 g/mol. The van der Waals surface area contributed by atoms with Crippen LogP contribution >= 0.6 is 12.2 Å². The lowest BCUT2D eigenvalue weighted by molar-refractivity contribution is 0.318. The molecule has 1 saturated carbocycles. The van der Waals surface area contributed by atoms with Gasteiger partial charge >= 0.3 is 0 Å². The molecule has 2 unspecified atom stereocenters. The minimum absolute atomic E-state index is 0.595. The Hall–Kier alpha value is -0.840. The molecule has 1 aromatic rings. The smallest absolute Gasteiger partial charge is 0.225 e. The maximum absolute atomic E-state index is 5.14. The SMILES string of the molecule is CC1CCCCC1N(C)c1n[nH]c(=S)n1C. The molecule has 0 bridgehead atoms. The molecule has 5 heteroatoms. The molecule has 0 radical (unpaired) electrons. The largest absolute Gasteiger partial charge is 0.341 e. The molecule has 16 heavy (non-hydrogen) atoms. The third-order valence-corrected chi connectivity index (χ3v) is 4.10. The molecule has 1 aliphatic carbocycles. The summed E-state index contributed by atoms with van der Waals surface area (Å²) >= 11 is 5.14. The van der Waals surface area contributed by atoms with E-state index in [-0.39, 0.29) is 0 Å². The summed E-state index contributed by atoms with van der Waals surface area (Å²) in [4.78, 5) is 2.27. The van der Waals surface area contributed by atoms with E-state index in [0.29, 0.717) is 10.8 Å². The van der Waals surface area contributed by atoms with Crippen LogP contribution in [0.2, 0.25) is 0 Å². The fourth-order valence-corrected chi connectivity index (χ4v) is 2.80. The molecule has 1 N–H and O–H groups in total. The van der Waals surface area contributed by atoms with E-state index >= 15 is 0 Å². The number of aromatic nitrogens is 3. The summed E-state index contributed by atoms with van der Waals surface area (Å²) in [7, 11) is 4.09. The molecule has 1 fully saturated rings. The van der Waals surface area contributed by atoms with E-state index < -0.39 is 0 Å². The quantitative estimate of drug-likeness (QED) is 0.807. The van der Waals surface area contributed by atoms with E-state index in [4.69, 9.17) is 12.2 Å². The van der Waals surface area contributed by atoms with Crippen molar-refractivity contribution >= 4 is 18.2 Å². The normalized spacial score (nSPS) is 25.7. The summed E-state index contributed by atoms with van der Waals surface area (Å²) in [6.07, 6.45) is 5.28. The van der Waals surface area contributed by atoms with Crippen LogP contribution < -0.4 is 4.90 Å². The lowest BCUT2D eigenvalue weighted by Gasteiger charge is -2.36. The van der Waals surface area contributed by atoms with Crippen LogP contribution in [0.4, 0.5) is 5.95 Å². The van der Waals surface area contributed by atoms with Gasteiger partial charge < -0.3 is 4.90 Å².